The number of ether oxygens (including phenoxy) is 3. The van der Waals surface area contributed by atoms with Crippen LogP contribution >= 0.6 is 7.26 Å². The van der Waals surface area contributed by atoms with Crippen LogP contribution in [-0.4, -0.2) is 126 Å². The smallest absolute Gasteiger partial charge is 0.320 e. The summed E-state index contributed by atoms with van der Waals surface area (Å²) in [5, 5.41) is 4.06. The summed E-state index contributed by atoms with van der Waals surface area (Å²) in [5.41, 5.74) is 0.646. The number of nitrogens with zero attached hydrogens (tertiary/aromatic N) is 4. The molecule has 0 saturated carbocycles. The lowest BCUT2D eigenvalue weighted by molar-refractivity contribution is -0.158. The van der Waals surface area contributed by atoms with Gasteiger partial charge in [0.1, 0.15) is 40.0 Å². The molecule has 10 nitrogen and oxygen atoms in total. The molecule has 5 rings (SSSR count). The number of esters is 3. The SMILES string of the molecule is CC(C)(C)OC(=O)CN1CCN(CC(=O)OC(C)(C)C)CCN(Cc2ccc(C[P+](c3ccccc3)(c3ccccc3)c3ccccc3)cc2)CCN(CC(=O)OC(C)(C)C)CC1. The highest BCUT2D eigenvalue weighted by Crippen LogP contribution is 2.58. The molecule has 63 heavy (non-hydrogen) atoms. The van der Waals surface area contributed by atoms with E-state index < -0.39 is 24.1 Å². The van der Waals surface area contributed by atoms with Crippen molar-refractivity contribution in [1.29, 1.82) is 0 Å². The number of hydrogen-bond donors (Lipinski definition) is 0. The van der Waals surface area contributed by atoms with E-state index in [0.29, 0.717) is 58.9 Å². The first-order chi connectivity index (χ1) is 29.8. The van der Waals surface area contributed by atoms with E-state index in [9.17, 15) is 14.4 Å². The largest absolute Gasteiger partial charge is 0.459 e. The van der Waals surface area contributed by atoms with Gasteiger partial charge in [0.05, 0.1) is 25.8 Å². The highest BCUT2D eigenvalue weighted by atomic mass is 31.2. The Labute approximate surface area is 378 Å². The second-order valence-electron chi connectivity index (χ2n) is 19.7. The summed E-state index contributed by atoms with van der Waals surface area (Å²) in [6.07, 6.45) is 0.888. The molecule has 1 saturated heterocycles. The molecule has 0 amide bonds. The molecule has 0 aliphatic carbocycles. The molecule has 0 radical (unpaired) electrons. The van der Waals surface area contributed by atoms with Crippen LogP contribution in [0.15, 0.2) is 115 Å². The van der Waals surface area contributed by atoms with Crippen molar-refractivity contribution in [2.45, 2.75) is 91.8 Å². The lowest BCUT2D eigenvalue weighted by Gasteiger charge is -2.34. The summed E-state index contributed by atoms with van der Waals surface area (Å²) >= 11 is 0. The maximum Gasteiger partial charge on any atom is 0.320 e. The lowest BCUT2D eigenvalue weighted by Crippen LogP contribution is -2.49. The first kappa shape index (κ1) is 49.6. The van der Waals surface area contributed by atoms with Crippen molar-refractivity contribution in [3.8, 4) is 0 Å². The lowest BCUT2D eigenvalue weighted by atomic mass is 10.1. The fourth-order valence-corrected chi connectivity index (χ4v) is 12.2. The third-order valence-corrected chi connectivity index (χ3v) is 15.1. The minimum absolute atomic E-state index is 0.102. The fraction of sp³-hybridized carbons (Fsp3) is 0.481. The van der Waals surface area contributed by atoms with Gasteiger partial charge in [-0.25, -0.2) is 0 Å². The molecular formula is C52H72N4O6P+. The van der Waals surface area contributed by atoms with Crippen LogP contribution < -0.4 is 15.9 Å². The molecular weight excluding hydrogens is 808 g/mol. The molecule has 0 unspecified atom stereocenters. The Morgan fingerprint density at radius 2 is 0.683 bits per heavy atom. The van der Waals surface area contributed by atoms with Gasteiger partial charge in [-0.15, -0.1) is 0 Å². The van der Waals surface area contributed by atoms with Crippen molar-refractivity contribution in [3.63, 3.8) is 0 Å². The van der Waals surface area contributed by atoms with Crippen LogP contribution in [0, 0.1) is 0 Å². The van der Waals surface area contributed by atoms with Crippen LogP contribution in [0.2, 0.25) is 0 Å². The monoisotopic (exact) mass is 880 g/mol. The minimum atomic E-state index is -2.06. The van der Waals surface area contributed by atoms with E-state index in [1.807, 2.05) is 62.3 Å². The quantitative estimate of drug-likeness (QED) is 0.0801. The third kappa shape index (κ3) is 16.6. The fourth-order valence-electron chi connectivity index (χ4n) is 7.93. The van der Waals surface area contributed by atoms with Gasteiger partial charge in [-0.2, -0.15) is 0 Å². The minimum Gasteiger partial charge on any atom is -0.459 e. The van der Waals surface area contributed by atoms with Crippen molar-refractivity contribution < 1.29 is 28.6 Å². The Bertz CT molecular complexity index is 1890. The zero-order valence-corrected chi connectivity index (χ0v) is 40.2. The molecule has 0 atom stereocenters. The van der Waals surface area contributed by atoms with Gasteiger partial charge < -0.3 is 14.2 Å². The highest BCUT2D eigenvalue weighted by Gasteiger charge is 2.45. The second kappa shape index (κ2) is 22.5. The van der Waals surface area contributed by atoms with Gasteiger partial charge >= 0.3 is 17.9 Å². The Hall–Kier alpha value is -4.44. The molecule has 11 heteroatoms. The standard InChI is InChI=1S/C52H72N4O6P/c1-50(2,3)60-47(57)38-54-31-29-53(30-32-55(39-48(58)61-51(4,5)6)34-36-56(35-33-54)40-49(59)62-52(7,8)9)37-42-25-27-43(28-26-42)41-63(44-19-13-10-14-20-44,45-21-15-11-16-22-45)46-23-17-12-18-24-46/h10-28H,29-41H2,1-9H3/q+1. The van der Waals surface area contributed by atoms with Crippen LogP contribution in [0.4, 0.5) is 0 Å². The van der Waals surface area contributed by atoms with Crippen molar-refractivity contribution >= 4 is 41.1 Å². The van der Waals surface area contributed by atoms with E-state index in [0.717, 1.165) is 6.16 Å². The normalized spacial score (nSPS) is 16.1. The third-order valence-electron chi connectivity index (χ3n) is 10.7. The van der Waals surface area contributed by atoms with E-state index >= 15 is 0 Å². The maximum atomic E-state index is 13.2. The van der Waals surface area contributed by atoms with E-state index in [-0.39, 0.29) is 37.5 Å². The van der Waals surface area contributed by atoms with Gasteiger partial charge in [-0.1, -0.05) is 78.9 Å². The second-order valence-corrected chi connectivity index (χ2v) is 23.1. The number of hydrogen-bond acceptors (Lipinski definition) is 10. The van der Waals surface area contributed by atoms with Gasteiger partial charge in [-0.3, -0.25) is 34.0 Å². The van der Waals surface area contributed by atoms with Crippen molar-refractivity contribution in [3.05, 3.63) is 126 Å². The van der Waals surface area contributed by atoms with E-state index in [1.54, 1.807) is 0 Å². The van der Waals surface area contributed by atoms with Crippen LogP contribution in [0.1, 0.15) is 73.4 Å². The van der Waals surface area contributed by atoms with Crippen molar-refractivity contribution in [1.82, 2.24) is 19.6 Å². The van der Waals surface area contributed by atoms with Gasteiger partial charge in [0, 0.05) is 58.9 Å². The van der Waals surface area contributed by atoms with Crippen LogP contribution in [0.25, 0.3) is 0 Å². The molecule has 1 aliphatic heterocycles. The molecule has 1 aliphatic rings. The van der Waals surface area contributed by atoms with Gasteiger partial charge in [0.25, 0.3) is 0 Å². The van der Waals surface area contributed by atoms with Crippen LogP contribution in [0.3, 0.4) is 0 Å². The zero-order valence-electron chi connectivity index (χ0n) is 39.3. The molecule has 1 heterocycles. The number of carbonyl (C=O) groups excluding carboxylic acids is 3. The van der Waals surface area contributed by atoms with Gasteiger partial charge in [0.15, 0.2) is 0 Å². The van der Waals surface area contributed by atoms with Crippen molar-refractivity contribution in [2.24, 2.45) is 0 Å². The molecule has 0 N–H and O–H groups in total. The van der Waals surface area contributed by atoms with Gasteiger partial charge in [-0.05, 0) is 110 Å². The number of rotatable bonds is 13. The first-order valence-electron chi connectivity index (χ1n) is 22.4. The molecule has 4 aromatic carbocycles. The molecule has 0 bridgehead atoms. The summed E-state index contributed by atoms with van der Waals surface area (Å²) in [6, 6.07) is 42.0. The Kier molecular flexibility index (Phi) is 17.7. The summed E-state index contributed by atoms with van der Waals surface area (Å²) in [4.78, 5) is 48.3. The predicted octanol–water partition coefficient (Wildman–Crippen LogP) is 6.93. The van der Waals surface area contributed by atoms with Crippen LogP contribution in [-0.2, 0) is 41.3 Å². The summed E-state index contributed by atoms with van der Waals surface area (Å²) < 4.78 is 17.2. The average molecular weight is 880 g/mol. The number of benzene rings is 4. The van der Waals surface area contributed by atoms with E-state index in [2.05, 4.69) is 135 Å². The highest BCUT2D eigenvalue weighted by molar-refractivity contribution is 7.95. The van der Waals surface area contributed by atoms with Crippen LogP contribution in [0.5, 0.6) is 0 Å². The predicted molar refractivity (Wildman–Crippen MR) is 257 cm³/mol. The Balaban J connectivity index is 1.41. The number of carbonyl (C=O) groups is 3. The molecule has 4 aromatic rings. The summed E-state index contributed by atoms with van der Waals surface area (Å²) in [7, 11) is -2.06. The summed E-state index contributed by atoms with van der Waals surface area (Å²) in [6.45, 7) is 22.7. The zero-order chi connectivity index (χ0) is 45.7. The average Bonchev–Trinajstić information content (AvgIpc) is 3.20. The Morgan fingerprint density at radius 3 is 0.968 bits per heavy atom. The van der Waals surface area contributed by atoms with Crippen molar-refractivity contribution in [2.75, 3.05) is 72.0 Å². The molecule has 340 valence electrons. The summed E-state index contributed by atoms with van der Waals surface area (Å²) in [5.74, 6) is -0.865. The molecule has 0 aromatic heterocycles. The molecule has 1 fully saturated rings. The van der Waals surface area contributed by atoms with E-state index in [4.69, 9.17) is 14.2 Å². The van der Waals surface area contributed by atoms with Gasteiger partial charge in [0.2, 0.25) is 0 Å². The molecule has 0 spiro atoms. The Morgan fingerprint density at radius 1 is 0.413 bits per heavy atom. The topological polar surface area (TPSA) is 91.9 Å². The maximum absolute atomic E-state index is 13.2. The first-order valence-corrected chi connectivity index (χ1v) is 24.4. The van der Waals surface area contributed by atoms with E-state index in [1.165, 1.54) is 27.0 Å².